The predicted octanol–water partition coefficient (Wildman–Crippen LogP) is 3.46. The second-order valence-corrected chi connectivity index (χ2v) is 6.69. The molecule has 1 saturated heterocycles. The van der Waals surface area contributed by atoms with E-state index in [0.717, 1.165) is 12.3 Å². The fourth-order valence-corrected chi connectivity index (χ4v) is 3.41. The van der Waals surface area contributed by atoms with Crippen LogP contribution in [0.5, 0.6) is 0 Å². The van der Waals surface area contributed by atoms with E-state index in [9.17, 15) is 22.7 Å². The lowest BCUT2D eigenvalue weighted by Gasteiger charge is -2.42. The lowest BCUT2D eigenvalue weighted by molar-refractivity contribution is -0.141. The quantitative estimate of drug-likeness (QED) is 0.839. The summed E-state index contributed by atoms with van der Waals surface area (Å²) >= 11 is 0. The minimum absolute atomic E-state index is 0.0223. The molecule has 0 bridgehead atoms. The van der Waals surface area contributed by atoms with Gasteiger partial charge in [-0.1, -0.05) is 18.2 Å². The normalized spacial score (nSPS) is 21.0. The summed E-state index contributed by atoms with van der Waals surface area (Å²) < 4.78 is 52.7. The van der Waals surface area contributed by atoms with Crippen molar-refractivity contribution in [3.8, 4) is 0 Å². The Hall–Kier alpha value is -2.22. The van der Waals surface area contributed by atoms with Crippen molar-refractivity contribution in [3.63, 3.8) is 0 Å². The average molecular weight is 369 g/mol. The summed E-state index contributed by atoms with van der Waals surface area (Å²) in [5.41, 5.74) is -1.18. The molecule has 4 nitrogen and oxygen atoms in total. The third-order valence-corrected chi connectivity index (χ3v) is 4.74. The molecule has 0 amide bonds. The Balaban J connectivity index is 1.84. The van der Waals surface area contributed by atoms with Gasteiger partial charge in [-0.05, 0) is 37.0 Å². The average Bonchev–Trinajstić information content (AvgIpc) is 2.63. The first-order valence-corrected chi connectivity index (χ1v) is 8.32. The van der Waals surface area contributed by atoms with Gasteiger partial charge in [0.25, 0.3) is 0 Å². The zero-order valence-corrected chi connectivity index (χ0v) is 14.0. The number of hydrogen-bond acceptors (Lipinski definition) is 4. The summed E-state index contributed by atoms with van der Waals surface area (Å²) in [5, 5.41) is 9.97. The summed E-state index contributed by atoms with van der Waals surface area (Å²) in [4.78, 5) is 9.22. The summed E-state index contributed by atoms with van der Waals surface area (Å²) in [6.45, 7) is 0.552. The van der Waals surface area contributed by atoms with E-state index in [1.165, 1.54) is 6.07 Å². The summed E-state index contributed by atoms with van der Waals surface area (Å²) in [6.07, 6.45) is -1.88. The van der Waals surface area contributed by atoms with Crippen molar-refractivity contribution >= 4 is 5.95 Å². The molecule has 140 valence electrons. The number of aliphatic hydroxyl groups excluding tert-OH is 1. The maximum atomic E-state index is 14.0. The molecule has 2 aromatic rings. The molecule has 1 aliphatic rings. The standard InChI is InChI=1S/C18H19F4N3O/c19-14-5-2-1-4-13(14)10-17(12-26)7-3-9-25(11-17)16-23-8-6-15(24-16)18(20,21)22/h1-2,4-6,8,26H,3,7,9-12H2. The highest BCUT2D eigenvalue weighted by atomic mass is 19.4. The van der Waals surface area contributed by atoms with Crippen LogP contribution in [0.25, 0.3) is 0 Å². The first kappa shape index (κ1) is 18.6. The molecule has 1 fully saturated rings. The van der Waals surface area contributed by atoms with E-state index in [0.29, 0.717) is 31.4 Å². The molecule has 0 aliphatic carbocycles. The Kier molecular flexibility index (Phi) is 5.13. The molecule has 0 saturated carbocycles. The highest BCUT2D eigenvalue weighted by Crippen LogP contribution is 2.36. The number of alkyl halides is 3. The molecule has 26 heavy (non-hydrogen) atoms. The molecule has 1 N–H and O–H groups in total. The van der Waals surface area contributed by atoms with Crippen LogP contribution in [-0.2, 0) is 12.6 Å². The molecular weight excluding hydrogens is 350 g/mol. The van der Waals surface area contributed by atoms with E-state index < -0.39 is 17.3 Å². The zero-order chi connectivity index (χ0) is 18.8. The molecule has 1 aliphatic heterocycles. The van der Waals surface area contributed by atoms with Gasteiger partial charge in [-0.15, -0.1) is 0 Å². The fourth-order valence-electron chi connectivity index (χ4n) is 3.41. The number of hydrogen-bond donors (Lipinski definition) is 1. The van der Waals surface area contributed by atoms with Crippen LogP contribution in [-0.4, -0.2) is 34.8 Å². The van der Waals surface area contributed by atoms with Crippen LogP contribution in [0, 0.1) is 11.2 Å². The maximum Gasteiger partial charge on any atom is 0.433 e. The number of rotatable bonds is 4. The Bertz CT molecular complexity index is 768. The maximum absolute atomic E-state index is 14.0. The third kappa shape index (κ3) is 3.95. The second-order valence-electron chi connectivity index (χ2n) is 6.69. The third-order valence-electron chi connectivity index (χ3n) is 4.74. The van der Waals surface area contributed by atoms with E-state index in [2.05, 4.69) is 9.97 Å². The number of aliphatic hydroxyl groups is 1. The van der Waals surface area contributed by atoms with Gasteiger partial charge in [-0.3, -0.25) is 0 Å². The van der Waals surface area contributed by atoms with E-state index in [-0.39, 0.29) is 24.9 Å². The van der Waals surface area contributed by atoms with Crippen LogP contribution in [0.1, 0.15) is 24.1 Å². The number of aromatic nitrogens is 2. The summed E-state index contributed by atoms with van der Waals surface area (Å²) in [5.74, 6) is -0.376. The molecular formula is C18H19F4N3O. The number of halogens is 4. The molecule has 3 rings (SSSR count). The van der Waals surface area contributed by atoms with Gasteiger partial charge in [-0.2, -0.15) is 13.2 Å². The molecule has 1 atom stereocenters. The summed E-state index contributed by atoms with van der Waals surface area (Å²) in [6, 6.07) is 7.16. The zero-order valence-electron chi connectivity index (χ0n) is 14.0. The minimum atomic E-state index is -4.55. The molecule has 1 aromatic carbocycles. The molecule has 1 unspecified atom stereocenters. The fraction of sp³-hybridized carbons (Fsp3) is 0.444. The topological polar surface area (TPSA) is 49.2 Å². The van der Waals surface area contributed by atoms with E-state index >= 15 is 0 Å². The van der Waals surface area contributed by atoms with Crippen molar-refractivity contribution < 1.29 is 22.7 Å². The Morgan fingerprint density at radius 2 is 1.96 bits per heavy atom. The van der Waals surface area contributed by atoms with Crippen LogP contribution in [0.15, 0.2) is 36.5 Å². The van der Waals surface area contributed by atoms with Gasteiger partial charge in [-0.25, -0.2) is 14.4 Å². The van der Waals surface area contributed by atoms with Crippen LogP contribution in [0.4, 0.5) is 23.5 Å². The van der Waals surface area contributed by atoms with Crippen molar-refractivity contribution in [1.82, 2.24) is 9.97 Å². The molecule has 2 heterocycles. The highest BCUT2D eigenvalue weighted by molar-refractivity contribution is 5.33. The van der Waals surface area contributed by atoms with Gasteiger partial charge in [0.1, 0.15) is 11.5 Å². The number of anilines is 1. The van der Waals surface area contributed by atoms with Gasteiger partial charge in [0.2, 0.25) is 5.95 Å². The number of benzene rings is 1. The lowest BCUT2D eigenvalue weighted by Crippen LogP contribution is -2.47. The molecule has 1 aromatic heterocycles. The molecule has 0 spiro atoms. The van der Waals surface area contributed by atoms with Gasteiger partial charge < -0.3 is 10.0 Å². The van der Waals surface area contributed by atoms with Crippen LogP contribution < -0.4 is 4.90 Å². The largest absolute Gasteiger partial charge is 0.433 e. The Labute approximate surface area is 148 Å². The van der Waals surface area contributed by atoms with Gasteiger partial charge >= 0.3 is 6.18 Å². The van der Waals surface area contributed by atoms with Gasteiger partial charge in [0.15, 0.2) is 0 Å². The highest BCUT2D eigenvalue weighted by Gasteiger charge is 2.38. The predicted molar refractivity (Wildman–Crippen MR) is 88.1 cm³/mol. The van der Waals surface area contributed by atoms with E-state index in [1.54, 1.807) is 23.1 Å². The monoisotopic (exact) mass is 369 g/mol. The van der Waals surface area contributed by atoms with Crippen molar-refractivity contribution in [3.05, 3.63) is 53.6 Å². The number of nitrogens with zero attached hydrogens (tertiary/aromatic N) is 3. The van der Waals surface area contributed by atoms with Crippen molar-refractivity contribution in [2.45, 2.75) is 25.4 Å². The van der Waals surface area contributed by atoms with E-state index in [4.69, 9.17) is 0 Å². The SMILES string of the molecule is OCC1(Cc2ccccc2F)CCCN(c2nccc(C(F)(F)F)n2)C1. The smallest absolute Gasteiger partial charge is 0.396 e. The van der Waals surface area contributed by atoms with Crippen LogP contribution in [0.2, 0.25) is 0 Å². The Morgan fingerprint density at radius 3 is 2.65 bits per heavy atom. The van der Waals surface area contributed by atoms with Crippen LogP contribution >= 0.6 is 0 Å². The van der Waals surface area contributed by atoms with Crippen LogP contribution in [0.3, 0.4) is 0 Å². The first-order valence-electron chi connectivity index (χ1n) is 8.32. The second kappa shape index (κ2) is 7.19. The van der Waals surface area contributed by atoms with Gasteiger partial charge in [0, 0.05) is 24.7 Å². The first-order chi connectivity index (χ1) is 12.3. The van der Waals surface area contributed by atoms with Gasteiger partial charge in [0.05, 0.1) is 6.61 Å². The number of piperidine rings is 1. The van der Waals surface area contributed by atoms with Crippen molar-refractivity contribution in [2.24, 2.45) is 5.41 Å². The minimum Gasteiger partial charge on any atom is -0.396 e. The molecule has 8 heteroatoms. The molecule has 0 radical (unpaired) electrons. The lowest BCUT2D eigenvalue weighted by atomic mass is 9.75. The van der Waals surface area contributed by atoms with Crippen molar-refractivity contribution in [1.29, 1.82) is 0 Å². The van der Waals surface area contributed by atoms with E-state index in [1.807, 2.05) is 0 Å². The summed E-state index contributed by atoms with van der Waals surface area (Å²) in [7, 11) is 0. The Morgan fingerprint density at radius 1 is 1.19 bits per heavy atom. The van der Waals surface area contributed by atoms with Crippen molar-refractivity contribution in [2.75, 3.05) is 24.6 Å².